The number of phenols is 4. The van der Waals surface area contributed by atoms with E-state index in [1.54, 1.807) is 0 Å². The molecule has 0 saturated heterocycles. The van der Waals surface area contributed by atoms with Crippen molar-refractivity contribution in [2.45, 2.75) is 119 Å². The van der Waals surface area contributed by atoms with Crippen molar-refractivity contribution in [1.29, 1.82) is 0 Å². The highest BCUT2D eigenvalue weighted by atomic mass is 16.3. The number of aromatic nitrogens is 2. The van der Waals surface area contributed by atoms with Gasteiger partial charge in [-0.15, -0.1) is 0 Å². The normalized spacial score (nSPS) is 34.8. The predicted molar refractivity (Wildman–Crippen MR) is 204 cm³/mol. The molecule has 52 heavy (non-hydrogen) atoms. The fraction of sp³-hybridized carbons (Fsp3) is 0.591. The Bertz CT molecular complexity index is 1880. The second-order valence-corrected chi connectivity index (χ2v) is 18.0. The maximum absolute atomic E-state index is 10.6. The van der Waals surface area contributed by atoms with Crippen LogP contribution in [-0.2, 0) is 12.8 Å². The average Bonchev–Trinajstić information content (AvgIpc) is 3.78. The van der Waals surface area contributed by atoms with Gasteiger partial charge in [-0.1, -0.05) is 65.8 Å². The third kappa shape index (κ3) is 5.53. The van der Waals surface area contributed by atoms with Gasteiger partial charge in [0.2, 0.25) is 0 Å². The number of aromatic hydroxyl groups is 4. The van der Waals surface area contributed by atoms with E-state index in [1.807, 2.05) is 0 Å². The van der Waals surface area contributed by atoms with E-state index in [4.69, 9.17) is 8.83 Å². The molecule has 0 bridgehead atoms. The zero-order valence-electron chi connectivity index (χ0n) is 32.0. The van der Waals surface area contributed by atoms with Gasteiger partial charge in [0, 0.05) is 23.3 Å². The highest BCUT2D eigenvalue weighted by Crippen LogP contribution is 2.64. The molecule has 8 nitrogen and oxygen atoms in total. The molecule has 0 amide bonds. The maximum Gasteiger partial charge on any atom is 0.181 e. The summed E-state index contributed by atoms with van der Waals surface area (Å²) >= 11 is 0. The highest BCUT2D eigenvalue weighted by molar-refractivity contribution is 5.82. The molecule has 2 aromatic carbocycles. The van der Waals surface area contributed by atoms with Crippen molar-refractivity contribution in [3.63, 3.8) is 0 Å². The Morgan fingerprint density at radius 1 is 0.654 bits per heavy atom. The number of benzene rings is 2. The molecular formula is C44H58N2O6. The summed E-state index contributed by atoms with van der Waals surface area (Å²) in [4.78, 5) is 8.34. The molecule has 4 fully saturated rings. The Kier molecular flexibility index (Phi) is 9.02. The van der Waals surface area contributed by atoms with Crippen LogP contribution < -0.4 is 0 Å². The van der Waals surface area contributed by atoms with Gasteiger partial charge in [0.25, 0.3) is 0 Å². The van der Waals surface area contributed by atoms with Crippen LogP contribution in [0.25, 0.3) is 22.2 Å². The summed E-state index contributed by atoms with van der Waals surface area (Å²) < 4.78 is 11.2. The Hall–Kier alpha value is -3.94. The van der Waals surface area contributed by atoms with Crippen molar-refractivity contribution in [3.05, 3.63) is 60.4 Å². The van der Waals surface area contributed by atoms with Gasteiger partial charge in [0.05, 0.1) is 0 Å². The molecular weight excluding hydrogens is 652 g/mol. The highest BCUT2D eigenvalue weighted by Gasteiger charge is 2.55. The van der Waals surface area contributed by atoms with Crippen LogP contribution in [0.15, 0.2) is 58.1 Å². The quantitative estimate of drug-likeness (QED) is 0.121. The molecule has 8 heteroatoms. The van der Waals surface area contributed by atoms with Crippen molar-refractivity contribution in [2.75, 3.05) is 0 Å². The van der Waals surface area contributed by atoms with Crippen LogP contribution >= 0.6 is 0 Å². The molecule has 0 radical (unpaired) electrons. The van der Waals surface area contributed by atoms with Crippen LogP contribution in [-0.4, -0.2) is 30.4 Å². The first-order valence-corrected chi connectivity index (χ1v) is 19.4. The van der Waals surface area contributed by atoms with Gasteiger partial charge >= 0.3 is 0 Å². The lowest BCUT2D eigenvalue weighted by atomic mass is 9.46. The minimum Gasteiger partial charge on any atom is -0.504 e. The summed E-state index contributed by atoms with van der Waals surface area (Å²) in [6.45, 7) is 23.0. The zero-order valence-corrected chi connectivity index (χ0v) is 32.0. The first-order chi connectivity index (χ1) is 24.5. The maximum atomic E-state index is 10.6. The second-order valence-electron chi connectivity index (χ2n) is 18.0. The van der Waals surface area contributed by atoms with Gasteiger partial charge in [0.1, 0.15) is 11.0 Å². The smallest absolute Gasteiger partial charge is 0.181 e. The summed E-state index contributed by atoms with van der Waals surface area (Å²) in [5.74, 6) is 1.69. The third-order valence-corrected chi connectivity index (χ3v) is 15.6. The number of rotatable bonds is 4. The van der Waals surface area contributed by atoms with E-state index in [9.17, 15) is 20.4 Å². The molecule has 0 unspecified atom stereocenters. The molecule has 8 atom stereocenters. The lowest BCUT2D eigenvalue weighted by Crippen LogP contribution is -2.51. The number of allylic oxidation sites excluding steroid dienone is 2. The van der Waals surface area contributed by atoms with Crippen molar-refractivity contribution in [1.82, 2.24) is 9.97 Å². The molecule has 4 aromatic rings. The summed E-state index contributed by atoms with van der Waals surface area (Å²) in [5, 5.41) is 41.6. The molecule has 280 valence electrons. The molecule has 2 heterocycles. The monoisotopic (exact) mass is 710 g/mol. The first-order valence-electron chi connectivity index (χ1n) is 19.4. The number of fused-ring (bicyclic) bond motifs is 4. The van der Waals surface area contributed by atoms with E-state index in [2.05, 4.69) is 64.7 Å². The Balaban J connectivity index is 0.000000162. The van der Waals surface area contributed by atoms with Gasteiger partial charge in [-0.3, -0.25) is 0 Å². The van der Waals surface area contributed by atoms with E-state index in [1.165, 1.54) is 74.6 Å². The van der Waals surface area contributed by atoms with Gasteiger partial charge in [-0.25, -0.2) is 9.97 Å². The van der Waals surface area contributed by atoms with Crippen LogP contribution in [0, 0.1) is 45.3 Å². The predicted octanol–water partition coefficient (Wildman–Crippen LogP) is 11.2. The fourth-order valence-electron chi connectivity index (χ4n) is 11.7. The van der Waals surface area contributed by atoms with E-state index >= 15 is 0 Å². The number of hydrogen-bond donors (Lipinski definition) is 4. The van der Waals surface area contributed by atoms with Gasteiger partial charge in [0.15, 0.2) is 47.0 Å². The van der Waals surface area contributed by atoms with Gasteiger partial charge in [-0.05, 0) is 122 Å². The number of phenolic OH excluding ortho intramolecular Hbond substituents is 4. The molecule has 4 saturated carbocycles. The zero-order chi connectivity index (χ0) is 37.4. The first kappa shape index (κ1) is 36.4. The Morgan fingerprint density at radius 2 is 1.04 bits per heavy atom. The van der Waals surface area contributed by atoms with E-state index in [0.717, 1.165) is 25.7 Å². The van der Waals surface area contributed by atoms with Crippen molar-refractivity contribution in [2.24, 2.45) is 45.3 Å². The van der Waals surface area contributed by atoms with Crippen molar-refractivity contribution < 1.29 is 29.3 Å². The van der Waals surface area contributed by atoms with E-state index < -0.39 is 0 Å². The van der Waals surface area contributed by atoms with E-state index in [0.29, 0.717) is 69.8 Å². The summed E-state index contributed by atoms with van der Waals surface area (Å²) in [5.41, 5.74) is 6.85. The molecule has 0 aliphatic heterocycles. The van der Waals surface area contributed by atoms with Gasteiger partial charge < -0.3 is 29.3 Å². The molecule has 2 aromatic heterocycles. The average molecular weight is 711 g/mol. The SMILES string of the molecule is C=C1CCC[C@H]2[C@](C)(Cc3c(O)c(O)cc4ncoc34)[C@@H](C)CC[C@]12C.C=C1CCC[C@H]2[C@](C)(Cc3c(O)c(O)cc4ncoc34)[C@@H](C)CC[C@]12C. The largest absolute Gasteiger partial charge is 0.504 e. The van der Waals surface area contributed by atoms with Crippen LogP contribution in [0.4, 0.5) is 0 Å². The summed E-state index contributed by atoms with van der Waals surface area (Å²) in [6, 6.07) is 2.94. The molecule has 4 aliphatic rings. The van der Waals surface area contributed by atoms with Gasteiger partial charge in [-0.2, -0.15) is 0 Å². The minimum absolute atomic E-state index is 0.00134. The van der Waals surface area contributed by atoms with Crippen LogP contribution in [0.3, 0.4) is 0 Å². The summed E-state index contributed by atoms with van der Waals surface area (Å²) in [7, 11) is 0. The molecule has 4 N–H and O–H groups in total. The third-order valence-electron chi connectivity index (χ3n) is 15.6. The van der Waals surface area contributed by atoms with Crippen LogP contribution in [0.1, 0.15) is 117 Å². The van der Waals surface area contributed by atoms with Crippen LogP contribution in [0.5, 0.6) is 23.0 Å². The summed E-state index contributed by atoms with van der Waals surface area (Å²) in [6.07, 6.45) is 15.8. The Labute approximate surface area is 308 Å². The number of hydrogen-bond acceptors (Lipinski definition) is 8. The molecule has 8 rings (SSSR count). The molecule has 4 aliphatic carbocycles. The van der Waals surface area contributed by atoms with Crippen LogP contribution in [0.2, 0.25) is 0 Å². The standard InChI is InChI=1S/2C22H29NO3/c2*1-13-6-5-7-18-21(13,3)9-8-14(2)22(18,4)11-15-19(25)17(24)10-16-20(15)26-12-23-16/h2*10,12,14,18,24-25H,1,5-9,11H2,2-4H3/t2*14-,18+,21+,22+/m00/s1. The lowest BCUT2D eigenvalue weighted by molar-refractivity contribution is -0.0490. The Morgan fingerprint density at radius 3 is 1.42 bits per heavy atom. The topological polar surface area (TPSA) is 133 Å². The lowest BCUT2D eigenvalue weighted by Gasteiger charge is -2.58. The second kappa shape index (κ2) is 12.9. The van der Waals surface area contributed by atoms with E-state index in [-0.39, 0.29) is 44.7 Å². The minimum atomic E-state index is -0.121. The molecule has 0 spiro atoms. The van der Waals surface area contributed by atoms with Crippen molar-refractivity contribution >= 4 is 22.2 Å². The number of oxazole rings is 2. The fourth-order valence-corrected chi connectivity index (χ4v) is 11.7. The van der Waals surface area contributed by atoms with Crippen molar-refractivity contribution in [3.8, 4) is 23.0 Å². The number of nitrogens with zero attached hydrogens (tertiary/aromatic N) is 2.